The highest BCUT2D eigenvalue weighted by Gasteiger charge is 2.28. The molecular weight excluding hydrogens is 398 g/mol. The van der Waals surface area contributed by atoms with E-state index in [4.69, 9.17) is 22.1 Å². The third-order valence-corrected chi connectivity index (χ3v) is 5.36. The molecule has 1 aliphatic carbocycles. The molecule has 6 heteroatoms. The number of halogens is 1. The quantitative estimate of drug-likeness (QED) is 0.422. The van der Waals surface area contributed by atoms with Crippen molar-refractivity contribution in [3.63, 3.8) is 0 Å². The van der Waals surface area contributed by atoms with Gasteiger partial charge in [0.2, 0.25) is 0 Å². The Bertz CT molecular complexity index is 1050. The Labute approximate surface area is 180 Å². The molecular formula is C24H22ClN3O2. The topological polar surface area (TPSA) is 77.2 Å². The average Bonchev–Trinajstić information content (AvgIpc) is 3.07. The summed E-state index contributed by atoms with van der Waals surface area (Å²) in [5.74, 6) is 0.0587. The maximum Gasteiger partial charge on any atom is 0.407 e. The molecule has 0 radical (unpaired) electrons. The number of amides is 1. The van der Waals surface area contributed by atoms with Crippen LogP contribution in [0.2, 0.25) is 5.15 Å². The summed E-state index contributed by atoms with van der Waals surface area (Å²) in [5.41, 5.74) is 12.1. The second kappa shape index (κ2) is 9.01. The minimum absolute atomic E-state index is 0.0587. The molecule has 0 atom stereocenters. The van der Waals surface area contributed by atoms with E-state index >= 15 is 0 Å². The third kappa shape index (κ3) is 4.31. The van der Waals surface area contributed by atoms with Crippen molar-refractivity contribution in [1.29, 1.82) is 0 Å². The molecule has 0 saturated carbocycles. The Morgan fingerprint density at radius 3 is 2.47 bits per heavy atom. The van der Waals surface area contributed by atoms with Crippen LogP contribution in [0.1, 0.15) is 29.0 Å². The van der Waals surface area contributed by atoms with Gasteiger partial charge in [0.25, 0.3) is 0 Å². The van der Waals surface area contributed by atoms with Crippen LogP contribution in [-0.4, -0.2) is 24.2 Å². The fourth-order valence-electron chi connectivity index (χ4n) is 3.71. The zero-order chi connectivity index (χ0) is 20.9. The zero-order valence-corrected chi connectivity index (χ0v) is 17.1. The Morgan fingerprint density at radius 1 is 1.13 bits per heavy atom. The van der Waals surface area contributed by atoms with Gasteiger partial charge in [-0.25, -0.2) is 9.78 Å². The van der Waals surface area contributed by atoms with Crippen molar-refractivity contribution < 1.29 is 9.53 Å². The third-order valence-electron chi connectivity index (χ3n) is 5.16. The van der Waals surface area contributed by atoms with Gasteiger partial charge in [0.15, 0.2) is 0 Å². The highest BCUT2D eigenvalue weighted by molar-refractivity contribution is 6.29. The largest absolute Gasteiger partial charge is 0.449 e. The predicted octanol–water partition coefficient (Wildman–Crippen LogP) is 5.26. The molecule has 0 bridgehead atoms. The van der Waals surface area contributed by atoms with Crippen molar-refractivity contribution in [3.8, 4) is 11.1 Å². The highest BCUT2D eigenvalue weighted by Crippen LogP contribution is 2.44. The summed E-state index contributed by atoms with van der Waals surface area (Å²) in [6, 6.07) is 18.1. The number of rotatable bonds is 6. The van der Waals surface area contributed by atoms with Crippen molar-refractivity contribution in [3.05, 3.63) is 88.7 Å². The fourth-order valence-corrected chi connectivity index (χ4v) is 3.88. The molecule has 1 amide bonds. The van der Waals surface area contributed by atoms with Gasteiger partial charge >= 0.3 is 6.09 Å². The van der Waals surface area contributed by atoms with E-state index in [1.807, 2.05) is 36.4 Å². The van der Waals surface area contributed by atoms with Gasteiger partial charge in [-0.05, 0) is 34.7 Å². The number of alkyl carbamates (subject to hydrolysis) is 1. The summed E-state index contributed by atoms with van der Waals surface area (Å²) in [5, 5.41) is 3.15. The first kappa shape index (κ1) is 20.0. The molecule has 0 unspecified atom stereocenters. The van der Waals surface area contributed by atoms with Gasteiger partial charge in [-0.15, -0.1) is 0 Å². The van der Waals surface area contributed by atoms with Crippen LogP contribution in [0.3, 0.4) is 0 Å². The summed E-state index contributed by atoms with van der Waals surface area (Å²) in [4.78, 5) is 16.2. The van der Waals surface area contributed by atoms with Crippen LogP contribution in [0, 0.1) is 0 Å². The number of nitrogens with two attached hydrogens (primary N) is 1. The Balaban J connectivity index is 1.28. The van der Waals surface area contributed by atoms with Crippen LogP contribution in [0.5, 0.6) is 0 Å². The van der Waals surface area contributed by atoms with Crippen LogP contribution in [0.15, 0.2) is 66.9 Å². The number of hydrogen-bond acceptors (Lipinski definition) is 4. The second-order valence-corrected chi connectivity index (χ2v) is 7.47. The van der Waals surface area contributed by atoms with Crippen LogP contribution in [0.25, 0.3) is 17.2 Å². The van der Waals surface area contributed by atoms with Crippen LogP contribution in [0.4, 0.5) is 10.5 Å². The number of fused-ring (bicyclic) bond motifs is 3. The first-order chi connectivity index (χ1) is 14.6. The van der Waals surface area contributed by atoms with Crippen molar-refractivity contribution in [2.75, 3.05) is 18.9 Å². The number of nitrogen functional groups attached to an aromatic ring is 1. The molecule has 3 N–H and O–H groups in total. The Morgan fingerprint density at radius 2 is 1.80 bits per heavy atom. The predicted molar refractivity (Wildman–Crippen MR) is 120 cm³/mol. The first-order valence-corrected chi connectivity index (χ1v) is 10.2. The molecule has 1 heterocycles. The van der Waals surface area contributed by atoms with E-state index in [1.165, 1.54) is 22.3 Å². The highest BCUT2D eigenvalue weighted by atomic mass is 35.5. The van der Waals surface area contributed by atoms with Crippen molar-refractivity contribution in [2.24, 2.45) is 0 Å². The number of aromatic nitrogens is 1. The molecule has 30 heavy (non-hydrogen) atoms. The standard InChI is InChI=1S/C24H22ClN3O2/c25-23-13-22(26)16(14-28-23)7-5-6-12-27-24(29)30-15-21-19-10-3-1-8-17(19)18-9-2-4-11-20(18)21/h1-5,7-11,13-14,21H,6,12,15H2,(H2,26,28)(H,27,29). The van der Waals surface area contributed by atoms with Gasteiger partial charge in [0, 0.05) is 29.9 Å². The maximum absolute atomic E-state index is 12.1. The second-order valence-electron chi connectivity index (χ2n) is 7.08. The summed E-state index contributed by atoms with van der Waals surface area (Å²) in [7, 11) is 0. The zero-order valence-electron chi connectivity index (χ0n) is 16.3. The minimum Gasteiger partial charge on any atom is -0.449 e. The van der Waals surface area contributed by atoms with Gasteiger partial charge in [0.05, 0.1) is 0 Å². The van der Waals surface area contributed by atoms with Crippen LogP contribution >= 0.6 is 11.6 Å². The molecule has 152 valence electrons. The number of carbonyl (C=O) groups excluding carboxylic acids is 1. The van der Waals surface area contributed by atoms with E-state index < -0.39 is 6.09 Å². The SMILES string of the molecule is Nc1cc(Cl)ncc1C=CCCNC(=O)OCC1c2ccccc2-c2ccccc21. The molecule has 3 aromatic rings. The first-order valence-electron chi connectivity index (χ1n) is 9.80. The molecule has 0 spiro atoms. The van der Waals surface area contributed by atoms with Gasteiger partial charge in [0.1, 0.15) is 11.8 Å². The number of nitrogens with one attached hydrogen (secondary N) is 1. The summed E-state index contributed by atoms with van der Waals surface area (Å²) in [6.45, 7) is 0.775. The van der Waals surface area contributed by atoms with Gasteiger partial charge in [-0.2, -0.15) is 0 Å². The molecule has 0 fully saturated rings. The minimum atomic E-state index is -0.419. The number of nitrogens with zero attached hydrogens (tertiary/aromatic N) is 1. The molecule has 4 rings (SSSR count). The number of benzene rings is 2. The summed E-state index contributed by atoms with van der Waals surface area (Å²) in [6.07, 6.45) is 5.63. The molecule has 0 aliphatic heterocycles. The summed E-state index contributed by atoms with van der Waals surface area (Å²) >= 11 is 5.79. The molecule has 1 aliphatic rings. The maximum atomic E-state index is 12.1. The van der Waals surface area contributed by atoms with Crippen LogP contribution in [-0.2, 0) is 4.74 Å². The van der Waals surface area contributed by atoms with Gasteiger partial charge in [-0.1, -0.05) is 72.3 Å². The number of ether oxygens (including phenoxy) is 1. The fraction of sp³-hybridized carbons (Fsp3) is 0.167. The van der Waals surface area contributed by atoms with Gasteiger partial charge < -0.3 is 15.8 Å². The number of pyridine rings is 1. The smallest absolute Gasteiger partial charge is 0.407 e. The monoisotopic (exact) mass is 419 g/mol. The van der Waals surface area contributed by atoms with Gasteiger partial charge in [-0.3, -0.25) is 0 Å². The average molecular weight is 420 g/mol. The lowest BCUT2D eigenvalue weighted by Gasteiger charge is -2.14. The van der Waals surface area contributed by atoms with E-state index in [9.17, 15) is 4.79 Å². The number of hydrogen-bond donors (Lipinski definition) is 2. The van der Waals surface area contributed by atoms with Crippen molar-refractivity contribution in [2.45, 2.75) is 12.3 Å². The van der Waals surface area contributed by atoms with E-state index in [0.717, 1.165) is 5.56 Å². The molecule has 2 aromatic carbocycles. The normalized spacial score (nSPS) is 12.6. The number of anilines is 1. The molecule has 0 saturated heterocycles. The van der Waals surface area contributed by atoms with Crippen molar-refractivity contribution >= 4 is 29.5 Å². The number of carbonyl (C=O) groups is 1. The van der Waals surface area contributed by atoms with E-state index in [0.29, 0.717) is 30.4 Å². The van der Waals surface area contributed by atoms with E-state index in [-0.39, 0.29) is 5.92 Å². The molecule has 5 nitrogen and oxygen atoms in total. The lowest BCUT2D eigenvalue weighted by molar-refractivity contribution is 0.143. The lowest BCUT2D eigenvalue weighted by Crippen LogP contribution is -2.26. The van der Waals surface area contributed by atoms with Crippen LogP contribution < -0.4 is 11.1 Å². The van der Waals surface area contributed by atoms with E-state index in [2.05, 4.69) is 34.6 Å². The Kier molecular flexibility index (Phi) is 6.00. The summed E-state index contributed by atoms with van der Waals surface area (Å²) < 4.78 is 5.52. The lowest BCUT2D eigenvalue weighted by atomic mass is 9.98. The van der Waals surface area contributed by atoms with E-state index in [1.54, 1.807) is 12.3 Å². The Hall–Kier alpha value is -3.31. The molecule has 1 aromatic heterocycles. The van der Waals surface area contributed by atoms with Crippen molar-refractivity contribution in [1.82, 2.24) is 10.3 Å².